The maximum atomic E-state index is 14.5. The average Bonchev–Trinajstić information content (AvgIpc) is 2.73. The van der Waals surface area contributed by atoms with Gasteiger partial charge in [-0.1, -0.05) is 18.2 Å². The number of thiol groups is 1. The molecule has 136 valence electrons. The van der Waals surface area contributed by atoms with Crippen molar-refractivity contribution in [1.82, 2.24) is 0 Å². The summed E-state index contributed by atoms with van der Waals surface area (Å²) < 4.78 is 30.5. The quantitative estimate of drug-likeness (QED) is 0.661. The summed E-state index contributed by atoms with van der Waals surface area (Å²) in [6, 6.07) is 22.1. The lowest BCUT2D eigenvalue weighted by molar-refractivity contribution is 0.413. The van der Waals surface area contributed by atoms with E-state index in [1.54, 1.807) is 21.3 Å². The van der Waals surface area contributed by atoms with Crippen LogP contribution in [0.25, 0.3) is 0 Å². The van der Waals surface area contributed by atoms with Gasteiger partial charge in [-0.25, -0.2) is 0 Å². The van der Waals surface area contributed by atoms with E-state index in [2.05, 4.69) is 0 Å². The van der Waals surface area contributed by atoms with E-state index < -0.39 is 9.93 Å². The predicted molar refractivity (Wildman–Crippen MR) is 103 cm³/mol. The smallest absolute Gasteiger partial charge is 0.120 e. The van der Waals surface area contributed by atoms with Crippen LogP contribution in [-0.2, 0) is 9.93 Å². The summed E-state index contributed by atoms with van der Waals surface area (Å²) >= 11 is 0. The van der Waals surface area contributed by atoms with Crippen molar-refractivity contribution in [1.29, 1.82) is 0 Å². The second-order valence-corrected chi connectivity index (χ2v) is 8.48. The summed E-state index contributed by atoms with van der Waals surface area (Å²) in [4.78, 5) is 2.08. The van der Waals surface area contributed by atoms with E-state index in [-0.39, 0.29) is 0 Å². The Balaban J connectivity index is 2.28. The maximum Gasteiger partial charge on any atom is 0.120 e. The lowest BCUT2D eigenvalue weighted by Crippen LogP contribution is -2.14. The minimum absolute atomic E-state index is 0.661. The molecular formula is C21H22O4S. The highest BCUT2D eigenvalue weighted by Crippen LogP contribution is 2.39. The zero-order valence-corrected chi connectivity index (χ0v) is 15.9. The molecule has 3 aromatic carbocycles. The molecule has 3 aromatic rings. The lowest BCUT2D eigenvalue weighted by Gasteiger charge is -2.26. The fourth-order valence-electron chi connectivity index (χ4n) is 2.87. The summed E-state index contributed by atoms with van der Waals surface area (Å²) in [5, 5.41) is 0. The Morgan fingerprint density at radius 1 is 0.577 bits per heavy atom. The van der Waals surface area contributed by atoms with Crippen molar-refractivity contribution in [2.24, 2.45) is 0 Å². The molecule has 0 aliphatic carbocycles. The molecule has 0 aliphatic rings. The highest BCUT2D eigenvalue weighted by Gasteiger charge is 2.25. The van der Waals surface area contributed by atoms with Gasteiger partial charge in [-0.15, -0.1) is 0 Å². The summed E-state index contributed by atoms with van der Waals surface area (Å²) in [6.07, 6.45) is 0. The van der Waals surface area contributed by atoms with E-state index in [0.717, 1.165) is 0 Å². The van der Waals surface area contributed by atoms with Gasteiger partial charge in [0.2, 0.25) is 0 Å². The predicted octanol–water partition coefficient (Wildman–Crippen LogP) is 4.21. The van der Waals surface area contributed by atoms with Gasteiger partial charge >= 0.3 is 0 Å². The van der Waals surface area contributed by atoms with Crippen LogP contribution in [0.15, 0.2) is 87.5 Å². The van der Waals surface area contributed by atoms with Crippen molar-refractivity contribution >= 4 is 9.93 Å². The van der Waals surface area contributed by atoms with Gasteiger partial charge in [0.15, 0.2) is 0 Å². The highest BCUT2D eigenvalue weighted by molar-refractivity contribution is 8.03. The molecule has 0 saturated carbocycles. The molecule has 0 N–H and O–H groups in total. The third-order valence-corrected chi connectivity index (χ3v) is 7.27. The Morgan fingerprint density at radius 2 is 0.885 bits per heavy atom. The van der Waals surface area contributed by atoms with Gasteiger partial charge in [0.25, 0.3) is 0 Å². The van der Waals surface area contributed by atoms with Crippen LogP contribution in [0.2, 0.25) is 0 Å². The molecule has 0 bridgehead atoms. The topological polar surface area (TPSA) is 44.8 Å². The Bertz CT molecular complexity index is 830. The number of methoxy groups -OCH3 is 3. The van der Waals surface area contributed by atoms with E-state index >= 15 is 0 Å². The van der Waals surface area contributed by atoms with Crippen LogP contribution in [0.4, 0.5) is 0 Å². The summed E-state index contributed by atoms with van der Waals surface area (Å²) in [5.74, 6) is 1.98. The standard InChI is InChI=1S/C21H22O4S/c1-23-16-7-4-10-19(13-16)26(22,20-11-5-8-17(14-20)24-2)21-12-6-9-18(15-21)25-3/h4-15,26H,1-3H3. The van der Waals surface area contributed by atoms with Gasteiger partial charge in [0.05, 0.1) is 21.3 Å². The van der Waals surface area contributed by atoms with Gasteiger partial charge in [0.1, 0.15) is 17.2 Å². The van der Waals surface area contributed by atoms with Crippen LogP contribution in [0, 0.1) is 0 Å². The van der Waals surface area contributed by atoms with E-state index in [9.17, 15) is 4.21 Å². The van der Waals surface area contributed by atoms with Crippen molar-refractivity contribution in [3.63, 3.8) is 0 Å². The molecule has 0 radical (unpaired) electrons. The summed E-state index contributed by atoms with van der Waals surface area (Å²) in [5.41, 5.74) is 0. The van der Waals surface area contributed by atoms with Crippen LogP contribution in [0.3, 0.4) is 0 Å². The van der Waals surface area contributed by atoms with Gasteiger partial charge in [0, 0.05) is 14.7 Å². The average molecular weight is 370 g/mol. The molecule has 0 saturated heterocycles. The van der Waals surface area contributed by atoms with Gasteiger partial charge in [-0.05, 0) is 64.5 Å². The van der Waals surface area contributed by atoms with Crippen LogP contribution in [0.1, 0.15) is 0 Å². The lowest BCUT2D eigenvalue weighted by atomic mass is 10.3. The van der Waals surface area contributed by atoms with E-state index in [4.69, 9.17) is 14.2 Å². The Morgan fingerprint density at radius 3 is 1.15 bits per heavy atom. The third kappa shape index (κ3) is 3.30. The number of hydrogen-bond donors (Lipinski definition) is 1. The first-order valence-corrected chi connectivity index (χ1v) is 9.86. The third-order valence-electron chi connectivity index (χ3n) is 4.25. The van der Waals surface area contributed by atoms with Gasteiger partial charge in [-0.2, -0.15) is 0 Å². The van der Waals surface area contributed by atoms with Crippen LogP contribution in [-0.4, -0.2) is 25.5 Å². The molecule has 0 aromatic heterocycles. The zero-order chi connectivity index (χ0) is 18.6. The molecule has 0 spiro atoms. The molecule has 0 unspecified atom stereocenters. The first-order valence-electron chi connectivity index (χ1n) is 8.15. The Hall–Kier alpha value is -2.79. The van der Waals surface area contributed by atoms with Crippen molar-refractivity contribution in [2.75, 3.05) is 21.3 Å². The first-order chi connectivity index (χ1) is 12.6. The van der Waals surface area contributed by atoms with E-state index in [1.807, 2.05) is 72.8 Å². The number of hydrogen-bond acceptors (Lipinski definition) is 4. The fourth-order valence-corrected chi connectivity index (χ4v) is 5.58. The van der Waals surface area contributed by atoms with E-state index in [1.165, 1.54) is 0 Å². The first kappa shape index (κ1) is 18.0. The molecule has 0 fully saturated rings. The molecule has 4 nitrogen and oxygen atoms in total. The van der Waals surface area contributed by atoms with Crippen molar-refractivity contribution < 1.29 is 18.4 Å². The van der Waals surface area contributed by atoms with Crippen LogP contribution >= 0.6 is 0 Å². The molecular weight excluding hydrogens is 348 g/mol. The summed E-state index contributed by atoms with van der Waals surface area (Å²) in [7, 11) is 1.66. The second kappa shape index (κ2) is 7.62. The number of rotatable bonds is 6. The molecule has 0 heterocycles. The zero-order valence-electron chi connectivity index (χ0n) is 15.0. The molecule has 0 atom stereocenters. The SMILES string of the molecule is COc1cccc([SH](=O)(c2cccc(OC)c2)c2cccc(OC)c2)c1. The second-order valence-electron chi connectivity index (χ2n) is 5.71. The molecule has 5 heteroatoms. The van der Waals surface area contributed by atoms with Crippen LogP contribution in [0.5, 0.6) is 17.2 Å². The van der Waals surface area contributed by atoms with Crippen molar-refractivity contribution in [3.05, 3.63) is 72.8 Å². The Kier molecular flexibility index (Phi) is 5.28. The van der Waals surface area contributed by atoms with Gasteiger partial charge in [-0.3, -0.25) is 4.21 Å². The summed E-state index contributed by atoms with van der Waals surface area (Å²) in [6.45, 7) is 0. The van der Waals surface area contributed by atoms with Gasteiger partial charge < -0.3 is 14.2 Å². The maximum absolute atomic E-state index is 14.5. The van der Waals surface area contributed by atoms with E-state index in [0.29, 0.717) is 31.9 Å². The Labute approximate surface area is 154 Å². The monoisotopic (exact) mass is 370 g/mol. The molecule has 26 heavy (non-hydrogen) atoms. The fraction of sp³-hybridized carbons (Fsp3) is 0.143. The largest absolute Gasteiger partial charge is 0.497 e. The minimum atomic E-state index is -3.14. The van der Waals surface area contributed by atoms with Crippen LogP contribution < -0.4 is 14.2 Å². The molecule has 0 amide bonds. The normalized spacial score (nSPS) is 11.7. The molecule has 0 aliphatic heterocycles. The number of benzene rings is 3. The molecule has 3 rings (SSSR count). The van der Waals surface area contributed by atoms with Crippen molar-refractivity contribution in [3.8, 4) is 17.2 Å². The number of ether oxygens (including phenoxy) is 3. The highest BCUT2D eigenvalue weighted by atomic mass is 32.2. The minimum Gasteiger partial charge on any atom is -0.497 e. The van der Waals surface area contributed by atoms with Crippen molar-refractivity contribution in [2.45, 2.75) is 14.7 Å².